The minimum Gasteiger partial charge on any atom is -0.505 e. The molecule has 0 aromatic carbocycles. The lowest BCUT2D eigenvalue weighted by atomic mass is 10.1. The number of hydrogen-bond acceptors (Lipinski definition) is 4. The lowest BCUT2D eigenvalue weighted by molar-refractivity contribution is 0.0736. The summed E-state index contributed by atoms with van der Waals surface area (Å²) in [5, 5.41) is 13.2. The first-order valence-corrected chi connectivity index (χ1v) is 7.38. The second-order valence-corrected chi connectivity index (χ2v) is 5.29. The Labute approximate surface area is 120 Å². The van der Waals surface area contributed by atoms with Gasteiger partial charge in [-0.25, -0.2) is 0 Å². The Kier molecular flexibility index (Phi) is 5.35. The van der Waals surface area contributed by atoms with Gasteiger partial charge >= 0.3 is 0 Å². The number of nitrogens with one attached hydrogen (secondary N) is 1. The zero-order chi connectivity index (χ0) is 14.4. The molecule has 0 radical (unpaired) electrons. The molecule has 20 heavy (non-hydrogen) atoms. The highest BCUT2D eigenvalue weighted by Gasteiger charge is 2.23. The molecule has 1 atom stereocenters. The number of carbonyl (C=O) groups excluding carboxylic acids is 1. The van der Waals surface area contributed by atoms with Gasteiger partial charge in [-0.3, -0.25) is 9.78 Å². The van der Waals surface area contributed by atoms with Crippen LogP contribution in [0.2, 0.25) is 0 Å². The Balaban J connectivity index is 2.08. The molecule has 0 saturated carbocycles. The summed E-state index contributed by atoms with van der Waals surface area (Å²) in [6.45, 7) is 4.58. The molecule has 1 unspecified atom stereocenters. The fourth-order valence-corrected chi connectivity index (χ4v) is 2.54. The van der Waals surface area contributed by atoms with Crippen LogP contribution in [0, 0.1) is 0 Å². The molecule has 0 spiro atoms. The number of aromatic hydroxyl groups is 1. The molecule has 110 valence electrons. The third-order valence-electron chi connectivity index (χ3n) is 3.70. The molecule has 1 fully saturated rings. The van der Waals surface area contributed by atoms with E-state index in [1.165, 1.54) is 12.6 Å². The standard InChI is InChI=1S/C15H23N3O2/c1-2-3-9-18(11-12-5-4-7-17-12)15(20)13-6-8-16-10-14(13)19/h6,8,10,12,17,19H,2-5,7,9,11H2,1H3. The molecule has 2 rings (SSSR count). The van der Waals surface area contributed by atoms with Crippen LogP contribution in [0.1, 0.15) is 43.0 Å². The van der Waals surface area contributed by atoms with E-state index in [0.29, 0.717) is 18.2 Å². The molecular weight excluding hydrogens is 254 g/mol. The number of unbranched alkanes of at least 4 members (excludes halogenated alkanes) is 1. The van der Waals surface area contributed by atoms with Gasteiger partial charge in [0.15, 0.2) is 0 Å². The van der Waals surface area contributed by atoms with Gasteiger partial charge < -0.3 is 15.3 Å². The van der Waals surface area contributed by atoms with Crippen molar-refractivity contribution in [2.75, 3.05) is 19.6 Å². The van der Waals surface area contributed by atoms with Gasteiger partial charge in [0.1, 0.15) is 5.75 Å². The lowest BCUT2D eigenvalue weighted by Gasteiger charge is -2.26. The first-order chi connectivity index (χ1) is 9.72. The molecule has 1 aromatic heterocycles. The van der Waals surface area contributed by atoms with E-state index < -0.39 is 0 Å². The fraction of sp³-hybridized carbons (Fsp3) is 0.600. The van der Waals surface area contributed by atoms with Crippen molar-refractivity contribution in [3.63, 3.8) is 0 Å². The predicted molar refractivity (Wildman–Crippen MR) is 77.7 cm³/mol. The van der Waals surface area contributed by atoms with E-state index >= 15 is 0 Å². The Morgan fingerprint density at radius 2 is 2.45 bits per heavy atom. The molecule has 2 N–H and O–H groups in total. The number of amides is 1. The van der Waals surface area contributed by atoms with Crippen LogP contribution >= 0.6 is 0 Å². The van der Waals surface area contributed by atoms with Crippen LogP contribution in [-0.4, -0.2) is 46.6 Å². The minimum atomic E-state index is -0.105. The van der Waals surface area contributed by atoms with Crippen LogP contribution in [0.3, 0.4) is 0 Å². The maximum absolute atomic E-state index is 12.6. The van der Waals surface area contributed by atoms with E-state index in [9.17, 15) is 9.90 Å². The van der Waals surface area contributed by atoms with Crippen molar-refractivity contribution < 1.29 is 9.90 Å². The summed E-state index contributed by atoms with van der Waals surface area (Å²) in [5.74, 6) is -0.148. The van der Waals surface area contributed by atoms with Crippen LogP contribution in [0.4, 0.5) is 0 Å². The first kappa shape index (κ1) is 14.8. The van der Waals surface area contributed by atoms with Gasteiger partial charge in [0.2, 0.25) is 0 Å². The quantitative estimate of drug-likeness (QED) is 0.832. The van der Waals surface area contributed by atoms with Crippen molar-refractivity contribution in [3.05, 3.63) is 24.0 Å². The molecule has 1 amide bonds. The third kappa shape index (κ3) is 3.70. The van der Waals surface area contributed by atoms with Crippen molar-refractivity contribution in [1.29, 1.82) is 0 Å². The largest absolute Gasteiger partial charge is 0.505 e. The van der Waals surface area contributed by atoms with E-state index in [4.69, 9.17) is 0 Å². The summed E-state index contributed by atoms with van der Waals surface area (Å²) >= 11 is 0. The number of nitrogens with zero attached hydrogens (tertiary/aromatic N) is 2. The van der Waals surface area contributed by atoms with Gasteiger partial charge in [0.05, 0.1) is 11.8 Å². The van der Waals surface area contributed by atoms with Crippen molar-refractivity contribution in [3.8, 4) is 5.75 Å². The SMILES string of the molecule is CCCCN(CC1CCCN1)C(=O)c1ccncc1O. The van der Waals surface area contributed by atoms with Crippen molar-refractivity contribution in [2.45, 2.75) is 38.6 Å². The van der Waals surface area contributed by atoms with Crippen LogP contribution in [0.15, 0.2) is 18.5 Å². The monoisotopic (exact) mass is 277 g/mol. The Morgan fingerprint density at radius 3 is 3.10 bits per heavy atom. The summed E-state index contributed by atoms with van der Waals surface area (Å²) in [6, 6.07) is 1.96. The maximum atomic E-state index is 12.6. The highest BCUT2D eigenvalue weighted by molar-refractivity contribution is 5.96. The summed E-state index contributed by atoms with van der Waals surface area (Å²) < 4.78 is 0. The van der Waals surface area contributed by atoms with Gasteiger partial charge in [0, 0.05) is 25.3 Å². The second kappa shape index (κ2) is 7.24. The molecule has 1 aromatic rings. The number of pyridine rings is 1. The Bertz CT molecular complexity index is 444. The summed E-state index contributed by atoms with van der Waals surface area (Å²) in [4.78, 5) is 18.2. The van der Waals surface area contributed by atoms with Crippen molar-refractivity contribution in [2.24, 2.45) is 0 Å². The number of hydrogen-bond donors (Lipinski definition) is 2. The zero-order valence-electron chi connectivity index (χ0n) is 12.0. The van der Waals surface area contributed by atoms with Crippen LogP contribution < -0.4 is 5.32 Å². The van der Waals surface area contributed by atoms with Crippen molar-refractivity contribution in [1.82, 2.24) is 15.2 Å². The molecule has 2 heterocycles. The smallest absolute Gasteiger partial charge is 0.257 e. The lowest BCUT2D eigenvalue weighted by Crippen LogP contribution is -2.41. The summed E-state index contributed by atoms with van der Waals surface area (Å²) in [7, 11) is 0. The molecule has 5 nitrogen and oxygen atoms in total. The number of aromatic nitrogens is 1. The topological polar surface area (TPSA) is 65.5 Å². The fourth-order valence-electron chi connectivity index (χ4n) is 2.54. The molecular formula is C15H23N3O2. The molecule has 1 aliphatic heterocycles. The predicted octanol–water partition coefficient (Wildman–Crippen LogP) is 1.78. The molecule has 5 heteroatoms. The van der Waals surface area contributed by atoms with Gasteiger partial charge in [-0.2, -0.15) is 0 Å². The van der Waals surface area contributed by atoms with Crippen LogP contribution in [-0.2, 0) is 0 Å². The van der Waals surface area contributed by atoms with Gasteiger partial charge in [-0.05, 0) is 31.9 Å². The number of rotatable bonds is 6. The average Bonchev–Trinajstić information content (AvgIpc) is 2.96. The highest BCUT2D eigenvalue weighted by Crippen LogP contribution is 2.18. The highest BCUT2D eigenvalue weighted by atomic mass is 16.3. The van der Waals surface area contributed by atoms with E-state index in [2.05, 4.69) is 17.2 Å². The van der Waals surface area contributed by atoms with E-state index in [1.54, 1.807) is 12.3 Å². The number of carbonyl (C=O) groups is 1. The molecule has 0 aliphatic carbocycles. The van der Waals surface area contributed by atoms with E-state index in [0.717, 1.165) is 32.4 Å². The van der Waals surface area contributed by atoms with Gasteiger partial charge in [-0.1, -0.05) is 13.3 Å². The average molecular weight is 277 g/mol. The zero-order valence-corrected chi connectivity index (χ0v) is 12.0. The van der Waals surface area contributed by atoms with Gasteiger partial charge in [0.25, 0.3) is 5.91 Å². The first-order valence-electron chi connectivity index (χ1n) is 7.38. The van der Waals surface area contributed by atoms with Crippen molar-refractivity contribution >= 4 is 5.91 Å². The molecule has 0 bridgehead atoms. The normalized spacial score (nSPS) is 18.1. The Hall–Kier alpha value is -1.62. The summed E-state index contributed by atoms with van der Waals surface area (Å²) in [6.07, 6.45) is 7.16. The summed E-state index contributed by atoms with van der Waals surface area (Å²) in [5.41, 5.74) is 0.342. The van der Waals surface area contributed by atoms with E-state index in [1.807, 2.05) is 4.90 Å². The second-order valence-electron chi connectivity index (χ2n) is 5.29. The van der Waals surface area contributed by atoms with E-state index in [-0.39, 0.29) is 11.7 Å². The molecule has 1 saturated heterocycles. The minimum absolute atomic E-state index is 0.0432. The van der Waals surface area contributed by atoms with Gasteiger partial charge in [-0.15, -0.1) is 0 Å². The maximum Gasteiger partial charge on any atom is 0.257 e. The Morgan fingerprint density at radius 1 is 1.60 bits per heavy atom. The third-order valence-corrected chi connectivity index (χ3v) is 3.70. The molecule has 1 aliphatic rings. The van der Waals surface area contributed by atoms with Crippen LogP contribution in [0.25, 0.3) is 0 Å². The van der Waals surface area contributed by atoms with Crippen LogP contribution in [0.5, 0.6) is 5.75 Å².